The van der Waals surface area contributed by atoms with Gasteiger partial charge in [0.2, 0.25) is 5.28 Å². The minimum Gasteiger partial charge on any atom is -0.339 e. The third kappa shape index (κ3) is 2.68. The highest BCUT2D eigenvalue weighted by molar-refractivity contribution is 9.10. The molecule has 82 valence electrons. The van der Waals surface area contributed by atoms with Gasteiger partial charge in [-0.05, 0) is 51.8 Å². The minimum absolute atomic E-state index is 0.156. The molecule has 1 N–H and O–H groups in total. The SMILES string of the molecule is Fc1ccc(Nc2ccnc(Cl)n2)c(Br)c1. The number of hydrogen-bond acceptors (Lipinski definition) is 3. The van der Waals surface area contributed by atoms with Gasteiger partial charge in [0.15, 0.2) is 0 Å². The van der Waals surface area contributed by atoms with E-state index in [2.05, 4.69) is 31.2 Å². The first-order chi connectivity index (χ1) is 7.65. The van der Waals surface area contributed by atoms with E-state index >= 15 is 0 Å². The number of aromatic nitrogens is 2. The molecule has 16 heavy (non-hydrogen) atoms. The van der Waals surface area contributed by atoms with Gasteiger partial charge in [-0.1, -0.05) is 0 Å². The summed E-state index contributed by atoms with van der Waals surface area (Å²) in [4.78, 5) is 7.72. The van der Waals surface area contributed by atoms with Gasteiger partial charge in [0.25, 0.3) is 0 Å². The Labute approximate surface area is 105 Å². The second-order valence-electron chi connectivity index (χ2n) is 2.96. The predicted molar refractivity (Wildman–Crippen MR) is 64.4 cm³/mol. The molecule has 0 fully saturated rings. The Balaban J connectivity index is 2.27. The largest absolute Gasteiger partial charge is 0.339 e. The van der Waals surface area contributed by atoms with E-state index in [0.29, 0.717) is 16.0 Å². The van der Waals surface area contributed by atoms with Crippen molar-refractivity contribution in [2.45, 2.75) is 0 Å². The Morgan fingerprint density at radius 3 is 2.81 bits per heavy atom. The van der Waals surface area contributed by atoms with Gasteiger partial charge in [0, 0.05) is 10.7 Å². The highest BCUT2D eigenvalue weighted by Gasteiger charge is 2.03. The molecule has 0 saturated carbocycles. The normalized spacial score (nSPS) is 10.2. The van der Waals surface area contributed by atoms with E-state index in [1.807, 2.05) is 0 Å². The van der Waals surface area contributed by atoms with Crippen molar-refractivity contribution in [2.75, 3.05) is 5.32 Å². The van der Waals surface area contributed by atoms with Gasteiger partial charge in [-0.15, -0.1) is 0 Å². The molecule has 0 bridgehead atoms. The zero-order valence-corrected chi connectivity index (χ0v) is 10.3. The maximum Gasteiger partial charge on any atom is 0.224 e. The van der Waals surface area contributed by atoms with E-state index in [-0.39, 0.29) is 11.1 Å². The standard InChI is InChI=1S/C10H6BrClFN3/c11-7-5-6(13)1-2-8(7)15-9-3-4-14-10(12)16-9/h1-5H,(H,14,15,16). The fourth-order valence-corrected chi connectivity index (χ4v) is 1.73. The molecule has 0 amide bonds. The van der Waals surface area contributed by atoms with Crippen molar-refractivity contribution in [2.24, 2.45) is 0 Å². The van der Waals surface area contributed by atoms with Crippen molar-refractivity contribution in [1.29, 1.82) is 0 Å². The molecule has 0 saturated heterocycles. The fourth-order valence-electron chi connectivity index (χ4n) is 1.13. The molecule has 2 rings (SSSR count). The van der Waals surface area contributed by atoms with Crippen LogP contribution in [0, 0.1) is 5.82 Å². The van der Waals surface area contributed by atoms with Gasteiger partial charge >= 0.3 is 0 Å². The number of nitrogens with one attached hydrogen (secondary N) is 1. The lowest BCUT2D eigenvalue weighted by molar-refractivity contribution is 0.627. The number of rotatable bonds is 2. The van der Waals surface area contributed by atoms with E-state index < -0.39 is 0 Å². The summed E-state index contributed by atoms with van der Waals surface area (Å²) in [5, 5.41) is 3.15. The Kier molecular flexibility index (Phi) is 3.36. The third-order valence-electron chi connectivity index (χ3n) is 1.82. The van der Waals surface area contributed by atoms with Crippen LogP contribution in [0.4, 0.5) is 15.9 Å². The highest BCUT2D eigenvalue weighted by atomic mass is 79.9. The molecular weight excluding hydrogens is 296 g/mol. The predicted octanol–water partition coefficient (Wildman–Crippen LogP) is 3.78. The van der Waals surface area contributed by atoms with E-state index in [9.17, 15) is 4.39 Å². The summed E-state index contributed by atoms with van der Waals surface area (Å²) in [6.07, 6.45) is 1.54. The lowest BCUT2D eigenvalue weighted by atomic mass is 10.3. The van der Waals surface area contributed by atoms with Crippen molar-refractivity contribution >= 4 is 39.0 Å². The van der Waals surface area contributed by atoms with Crippen molar-refractivity contribution in [3.05, 3.63) is 46.0 Å². The Morgan fingerprint density at radius 1 is 1.31 bits per heavy atom. The molecule has 2 aromatic rings. The number of nitrogens with zero attached hydrogens (tertiary/aromatic N) is 2. The topological polar surface area (TPSA) is 37.8 Å². The van der Waals surface area contributed by atoms with Crippen molar-refractivity contribution < 1.29 is 4.39 Å². The smallest absolute Gasteiger partial charge is 0.224 e. The van der Waals surface area contributed by atoms with Crippen LogP contribution in [0.15, 0.2) is 34.9 Å². The second kappa shape index (κ2) is 4.76. The molecule has 1 heterocycles. The number of halogens is 3. The molecule has 0 radical (unpaired) electrons. The van der Waals surface area contributed by atoms with Crippen molar-refractivity contribution in [3.8, 4) is 0 Å². The molecule has 0 aliphatic rings. The second-order valence-corrected chi connectivity index (χ2v) is 4.15. The quantitative estimate of drug-likeness (QED) is 0.858. The van der Waals surface area contributed by atoms with Crippen LogP contribution in [-0.2, 0) is 0 Å². The van der Waals surface area contributed by atoms with Crippen LogP contribution in [0.1, 0.15) is 0 Å². The van der Waals surface area contributed by atoms with Gasteiger partial charge in [0.1, 0.15) is 11.6 Å². The van der Waals surface area contributed by atoms with Crippen molar-refractivity contribution in [1.82, 2.24) is 9.97 Å². The fraction of sp³-hybridized carbons (Fsp3) is 0. The number of anilines is 2. The summed E-state index contributed by atoms with van der Waals surface area (Å²) in [5.41, 5.74) is 0.705. The summed E-state index contributed by atoms with van der Waals surface area (Å²) in [6, 6.07) is 6.00. The summed E-state index contributed by atoms with van der Waals surface area (Å²) in [5.74, 6) is 0.241. The van der Waals surface area contributed by atoms with Crippen LogP contribution in [0.5, 0.6) is 0 Å². The third-order valence-corrected chi connectivity index (χ3v) is 2.66. The van der Waals surface area contributed by atoms with Crippen LogP contribution < -0.4 is 5.32 Å². The Morgan fingerprint density at radius 2 is 2.12 bits per heavy atom. The average molecular weight is 303 g/mol. The van der Waals surface area contributed by atoms with Crippen LogP contribution in [0.2, 0.25) is 5.28 Å². The first kappa shape index (κ1) is 11.3. The van der Waals surface area contributed by atoms with Gasteiger partial charge < -0.3 is 5.32 Å². The van der Waals surface area contributed by atoms with Crippen molar-refractivity contribution in [3.63, 3.8) is 0 Å². The molecule has 1 aromatic heterocycles. The molecule has 6 heteroatoms. The molecule has 0 unspecified atom stereocenters. The van der Waals surface area contributed by atoms with Gasteiger partial charge in [-0.3, -0.25) is 0 Å². The Hall–Kier alpha value is -1.20. The maximum atomic E-state index is 12.8. The summed E-state index contributed by atoms with van der Waals surface area (Å²) >= 11 is 8.89. The molecule has 0 aliphatic heterocycles. The zero-order valence-electron chi connectivity index (χ0n) is 7.92. The molecule has 0 aliphatic carbocycles. The summed E-state index contributed by atoms with van der Waals surface area (Å²) in [6.45, 7) is 0. The number of hydrogen-bond donors (Lipinski definition) is 1. The lowest BCUT2D eigenvalue weighted by Gasteiger charge is -2.07. The van der Waals surface area contributed by atoms with E-state index in [4.69, 9.17) is 11.6 Å². The van der Waals surface area contributed by atoms with Crippen LogP contribution in [0.25, 0.3) is 0 Å². The van der Waals surface area contributed by atoms with E-state index in [1.165, 1.54) is 18.3 Å². The van der Waals surface area contributed by atoms with Gasteiger partial charge in [-0.25, -0.2) is 14.4 Å². The molecule has 0 spiro atoms. The molecular formula is C10H6BrClFN3. The first-order valence-corrected chi connectivity index (χ1v) is 5.53. The molecule has 3 nitrogen and oxygen atoms in total. The van der Waals surface area contributed by atoms with E-state index in [1.54, 1.807) is 12.1 Å². The molecule has 1 aromatic carbocycles. The van der Waals surface area contributed by atoms with Crippen LogP contribution in [0.3, 0.4) is 0 Å². The average Bonchev–Trinajstić information content (AvgIpc) is 2.22. The zero-order chi connectivity index (χ0) is 11.5. The minimum atomic E-state index is -0.307. The number of benzene rings is 1. The highest BCUT2D eigenvalue weighted by Crippen LogP contribution is 2.25. The van der Waals surface area contributed by atoms with Gasteiger partial charge in [-0.2, -0.15) is 0 Å². The first-order valence-electron chi connectivity index (χ1n) is 4.36. The maximum absolute atomic E-state index is 12.8. The van der Waals surface area contributed by atoms with Crippen LogP contribution >= 0.6 is 27.5 Å². The summed E-state index contributed by atoms with van der Waals surface area (Å²) in [7, 11) is 0. The monoisotopic (exact) mass is 301 g/mol. The van der Waals surface area contributed by atoms with E-state index in [0.717, 1.165) is 0 Å². The molecule has 0 atom stereocenters. The lowest BCUT2D eigenvalue weighted by Crippen LogP contribution is -1.95. The Bertz CT molecular complexity index is 521. The van der Waals surface area contributed by atoms with Gasteiger partial charge in [0.05, 0.1) is 5.69 Å². The van der Waals surface area contributed by atoms with Crippen LogP contribution in [-0.4, -0.2) is 9.97 Å². The summed E-state index contributed by atoms with van der Waals surface area (Å²) < 4.78 is 13.5.